The van der Waals surface area contributed by atoms with Crippen LogP contribution in [0.1, 0.15) is 12.0 Å². The van der Waals surface area contributed by atoms with Crippen LogP contribution in [0.3, 0.4) is 0 Å². The van der Waals surface area contributed by atoms with Crippen LogP contribution in [0.15, 0.2) is 54.9 Å². The third-order valence-corrected chi connectivity index (χ3v) is 4.97. The molecule has 4 nitrogen and oxygen atoms in total. The zero-order chi connectivity index (χ0) is 19.1. The van der Waals surface area contributed by atoms with E-state index in [9.17, 15) is 18.0 Å². The normalized spacial score (nSPS) is 24.4. The summed E-state index contributed by atoms with van der Waals surface area (Å²) in [6, 6.07) is 11.7. The Morgan fingerprint density at radius 2 is 1.89 bits per heavy atom. The number of nitrogens with one attached hydrogen (secondary N) is 1. The lowest BCUT2D eigenvalue weighted by Crippen LogP contribution is -2.49. The summed E-state index contributed by atoms with van der Waals surface area (Å²) in [6.45, 7) is 0.785. The summed E-state index contributed by atoms with van der Waals surface area (Å²) in [4.78, 5) is 15.7. The quantitative estimate of drug-likeness (QED) is 0.834. The first-order valence-electron chi connectivity index (χ1n) is 8.61. The third-order valence-electron chi connectivity index (χ3n) is 4.97. The summed E-state index contributed by atoms with van der Waals surface area (Å²) in [5.41, 5.74) is 2.35. The molecule has 0 amide bonds. The number of carbonyl (C=O) groups is 1. The summed E-state index contributed by atoms with van der Waals surface area (Å²) in [7, 11) is 0. The number of rotatable bonds is 3. The average Bonchev–Trinajstić information content (AvgIpc) is 2.91. The van der Waals surface area contributed by atoms with E-state index in [1.54, 1.807) is 18.5 Å². The van der Waals surface area contributed by atoms with Crippen LogP contribution in [0.5, 0.6) is 0 Å². The average molecular weight is 374 g/mol. The Hall–Kier alpha value is -2.67. The number of alkyl halides is 3. The monoisotopic (exact) mass is 374 g/mol. The van der Waals surface area contributed by atoms with Crippen LogP contribution in [0.25, 0.3) is 16.7 Å². The van der Waals surface area contributed by atoms with Crippen molar-refractivity contribution in [1.82, 2.24) is 10.3 Å². The molecule has 140 valence electrons. The van der Waals surface area contributed by atoms with Crippen molar-refractivity contribution >= 4 is 11.5 Å². The number of ether oxygens (including phenoxy) is 1. The van der Waals surface area contributed by atoms with Crippen molar-refractivity contribution in [1.29, 1.82) is 0 Å². The second-order valence-electron chi connectivity index (χ2n) is 6.91. The van der Waals surface area contributed by atoms with Crippen molar-refractivity contribution in [2.24, 2.45) is 5.92 Å². The van der Waals surface area contributed by atoms with E-state index in [1.165, 1.54) is 0 Å². The Kier molecular flexibility index (Phi) is 4.26. The minimum absolute atomic E-state index is 0.0346. The molecule has 0 saturated carbocycles. The fraction of sp³-hybridized carbons (Fsp3) is 0.300. The van der Waals surface area contributed by atoms with Gasteiger partial charge in [-0.1, -0.05) is 30.3 Å². The molecule has 1 aliphatic heterocycles. The van der Waals surface area contributed by atoms with Gasteiger partial charge < -0.3 is 10.1 Å². The van der Waals surface area contributed by atoms with Crippen molar-refractivity contribution < 1.29 is 22.7 Å². The Labute approximate surface area is 154 Å². The molecule has 1 aliphatic carbocycles. The van der Waals surface area contributed by atoms with E-state index in [-0.39, 0.29) is 12.5 Å². The second-order valence-corrected chi connectivity index (χ2v) is 6.91. The second kappa shape index (κ2) is 6.49. The van der Waals surface area contributed by atoms with E-state index < -0.39 is 17.7 Å². The van der Waals surface area contributed by atoms with Crippen LogP contribution < -0.4 is 5.32 Å². The van der Waals surface area contributed by atoms with Gasteiger partial charge in [0.05, 0.1) is 0 Å². The Balaban J connectivity index is 1.67. The first-order valence-corrected chi connectivity index (χ1v) is 8.61. The highest BCUT2D eigenvalue weighted by atomic mass is 19.4. The number of esters is 1. The van der Waals surface area contributed by atoms with Gasteiger partial charge in [0.25, 0.3) is 0 Å². The fourth-order valence-corrected chi connectivity index (χ4v) is 3.81. The zero-order valence-electron chi connectivity index (χ0n) is 14.3. The maximum absolute atomic E-state index is 12.7. The van der Waals surface area contributed by atoms with Crippen LogP contribution in [-0.2, 0) is 9.53 Å². The highest BCUT2D eigenvalue weighted by molar-refractivity contribution is 5.79. The van der Waals surface area contributed by atoms with Crippen LogP contribution >= 0.6 is 0 Å². The molecule has 1 saturated heterocycles. The van der Waals surface area contributed by atoms with Crippen LogP contribution in [0.4, 0.5) is 13.2 Å². The van der Waals surface area contributed by atoms with Gasteiger partial charge in [-0.2, -0.15) is 13.2 Å². The maximum atomic E-state index is 12.7. The van der Waals surface area contributed by atoms with E-state index in [4.69, 9.17) is 4.74 Å². The molecule has 1 aromatic carbocycles. The molecule has 1 N–H and O–H groups in total. The number of piperidine rings is 1. The number of hydrogen-bond donors (Lipinski definition) is 1. The number of halogens is 3. The van der Waals surface area contributed by atoms with Gasteiger partial charge in [-0.25, -0.2) is 4.79 Å². The number of benzene rings is 1. The highest BCUT2D eigenvalue weighted by Gasteiger charge is 2.50. The van der Waals surface area contributed by atoms with Gasteiger partial charge in [0, 0.05) is 43.4 Å². The molecule has 1 fully saturated rings. The molecule has 2 bridgehead atoms. The topological polar surface area (TPSA) is 51.2 Å². The number of aromatic nitrogens is 1. The van der Waals surface area contributed by atoms with E-state index >= 15 is 0 Å². The smallest absolute Gasteiger partial charge is 0.447 e. The van der Waals surface area contributed by atoms with Crippen molar-refractivity contribution in [3.05, 3.63) is 60.4 Å². The maximum Gasteiger partial charge on any atom is 0.490 e. The Morgan fingerprint density at radius 3 is 2.63 bits per heavy atom. The number of pyridine rings is 1. The summed E-state index contributed by atoms with van der Waals surface area (Å²) in [5.74, 6) is -2.19. The van der Waals surface area contributed by atoms with Gasteiger partial charge in [0.1, 0.15) is 5.60 Å². The Bertz CT molecular complexity index is 896. The molecular weight excluding hydrogens is 357 g/mol. The molecule has 7 heteroatoms. The fourth-order valence-electron chi connectivity index (χ4n) is 3.81. The predicted molar refractivity (Wildman–Crippen MR) is 93.5 cm³/mol. The predicted octanol–water partition coefficient (Wildman–Crippen LogP) is 3.60. The van der Waals surface area contributed by atoms with Gasteiger partial charge >= 0.3 is 12.1 Å². The SMILES string of the molecule is O=C(OC12C=C(c3cncc(-c4ccccc4)c3)C(CNC1)C2)C(F)(F)F. The van der Waals surface area contributed by atoms with Crippen molar-refractivity contribution in [2.45, 2.75) is 18.2 Å². The van der Waals surface area contributed by atoms with Crippen molar-refractivity contribution in [3.63, 3.8) is 0 Å². The minimum Gasteiger partial charge on any atom is -0.447 e. The first-order chi connectivity index (χ1) is 12.9. The van der Waals surface area contributed by atoms with Gasteiger partial charge in [-0.15, -0.1) is 0 Å². The van der Waals surface area contributed by atoms with E-state index in [2.05, 4.69) is 10.3 Å². The van der Waals surface area contributed by atoms with Gasteiger partial charge in [-0.05, 0) is 28.8 Å². The Morgan fingerprint density at radius 1 is 1.15 bits per heavy atom. The molecule has 2 atom stereocenters. The lowest BCUT2D eigenvalue weighted by atomic mass is 9.90. The largest absolute Gasteiger partial charge is 0.490 e. The molecule has 2 heterocycles. The van der Waals surface area contributed by atoms with Crippen LogP contribution in [0.2, 0.25) is 0 Å². The third kappa shape index (κ3) is 3.47. The lowest BCUT2D eigenvalue weighted by Gasteiger charge is -2.33. The molecular formula is C20H17F3N2O2. The molecule has 1 aromatic heterocycles. The van der Waals surface area contributed by atoms with E-state index in [0.717, 1.165) is 22.3 Å². The summed E-state index contributed by atoms with van der Waals surface area (Å²) in [6.07, 6.45) is 0.434. The minimum atomic E-state index is -5.01. The van der Waals surface area contributed by atoms with Crippen molar-refractivity contribution in [2.75, 3.05) is 13.1 Å². The summed E-state index contributed by atoms with van der Waals surface area (Å²) >= 11 is 0. The molecule has 2 aromatic rings. The number of nitrogens with zero attached hydrogens (tertiary/aromatic N) is 1. The lowest BCUT2D eigenvalue weighted by molar-refractivity contribution is -0.211. The molecule has 0 spiro atoms. The molecule has 2 aliphatic rings. The van der Waals surface area contributed by atoms with Gasteiger partial charge in [0.15, 0.2) is 0 Å². The molecule has 27 heavy (non-hydrogen) atoms. The van der Waals surface area contributed by atoms with Gasteiger partial charge in [0.2, 0.25) is 0 Å². The molecule has 0 radical (unpaired) electrons. The number of hydrogen-bond acceptors (Lipinski definition) is 4. The highest BCUT2D eigenvalue weighted by Crippen LogP contribution is 2.44. The summed E-state index contributed by atoms with van der Waals surface area (Å²) in [5, 5.41) is 3.07. The van der Waals surface area contributed by atoms with E-state index in [0.29, 0.717) is 13.0 Å². The van der Waals surface area contributed by atoms with Crippen LogP contribution in [-0.4, -0.2) is 35.8 Å². The first kappa shape index (κ1) is 17.7. The molecule has 4 rings (SSSR count). The summed E-state index contributed by atoms with van der Waals surface area (Å²) < 4.78 is 42.9. The number of fused-ring (bicyclic) bond motifs is 2. The van der Waals surface area contributed by atoms with Crippen LogP contribution in [0, 0.1) is 5.92 Å². The standard InChI is InChI=1S/C20H17F3N2O2/c21-20(22,23)18(26)27-19-7-16(11-25-12-19)17(8-19)15-6-14(9-24-10-15)13-4-2-1-3-5-13/h1-6,8-10,16,25H,7,11-12H2. The zero-order valence-corrected chi connectivity index (χ0v) is 14.3. The number of carbonyl (C=O) groups excluding carboxylic acids is 1. The van der Waals surface area contributed by atoms with E-state index in [1.807, 2.05) is 36.4 Å². The van der Waals surface area contributed by atoms with Crippen molar-refractivity contribution in [3.8, 4) is 11.1 Å². The molecule has 2 unspecified atom stereocenters. The van der Waals surface area contributed by atoms with Gasteiger partial charge in [-0.3, -0.25) is 4.98 Å².